The summed E-state index contributed by atoms with van der Waals surface area (Å²) in [6.07, 6.45) is 3.96. The summed E-state index contributed by atoms with van der Waals surface area (Å²) in [4.78, 5) is 15.2. The molecular formula is C19H29ClN2O2. The number of nitrogens with zero attached hydrogens (tertiary/aromatic N) is 1. The van der Waals surface area contributed by atoms with Gasteiger partial charge < -0.3 is 15.0 Å². The van der Waals surface area contributed by atoms with Gasteiger partial charge in [-0.05, 0) is 50.3 Å². The van der Waals surface area contributed by atoms with Crippen molar-refractivity contribution in [2.45, 2.75) is 25.7 Å². The van der Waals surface area contributed by atoms with E-state index in [2.05, 4.69) is 40.5 Å². The van der Waals surface area contributed by atoms with Gasteiger partial charge in [0.1, 0.15) is 0 Å². The zero-order chi connectivity index (χ0) is 16.1. The van der Waals surface area contributed by atoms with Crippen molar-refractivity contribution in [2.24, 2.45) is 11.3 Å². The van der Waals surface area contributed by atoms with Crippen LogP contribution in [0, 0.1) is 11.3 Å². The van der Waals surface area contributed by atoms with Gasteiger partial charge in [0.05, 0.1) is 12.0 Å². The van der Waals surface area contributed by atoms with E-state index in [0.29, 0.717) is 18.4 Å². The summed E-state index contributed by atoms with van der Waals surface area (Å²) >= 11 is 0. The summed E-state index contributed by atoms with van der Waals surface area (Å²) in [5.41, 5.74) is 1.07. The monoisotopic (exact) mass is 352 g/mol. The number of rotatable bonds is 5. The van der Waals surface area contributed by atoms with Crippen molar-refractivity contribution in [3.63, 3.8) is 0 Å². The van der Waals surface area contributed by atoms with Crippen LogP contribution in [0.3, 0.4) is 0 Å². The van der Waals surface area contributed by atoms with Crippen LogP contribution in [0.15, 0.2) is 30.3 Å². The van der Waals surface area contributed by atoms with Crippen LogP contribution in [0.1, 0.15) is 24.8 Å². The summed E-state index contributed by atoms with van der Waals surface area (Å²) in [5, 5.41) is 3.36. The first-order valence-corrected chi connectivity index (χ1v) is 8.76. The van der Waals surface area contributed by atoms with Gasteiger partial charge in [0.15, 0.2) is 0 Å². The van der Waals surface area contributed by atoms with E-state index in [1.165, 1.54) is 5.56 Å². The molecule has 2 aliphatic heterocycles. The number of halogens is 1. The first-order valence-electron chi connectivity index (χ1n) is 8.76. The van der Waals surface area contributed by atoms with E-state index in [1.54, 1.807) is 7.11 Å². The molecule has 1 N–H and O–H groups in total. The molecule has 0 saturated carbocycles. The van der Waals surface area contributed by atoms with E-state index >= 15 is 0 Å². The minimum Gasteiger partial charge on any atom is -0.384 e. The Morgan fingerprint density at radius 3 is 2.67 bits per heavy atom. The molecule has 2 saturated heterocycles. The van der Waals surface area contributed by atoms with Crippen LogP contribution >= 0.6 is 12.4 Å². The molecule has 134 valence electrons. The van der Waals surface area contributed by atoms with E-state index in [1.807, 2.05) is 0 Å². The quantitative estimate of drug-likeness (QED) is 0.885. The molecule has 1 unspecified atom stereocenters. The average molecular weight is 353 g/mol. The summed E-state index contributed by atoms with van der Waals surface area (Å²) < 4.78 is 5.41. The summed E-state index contributed by atoms with van der Waals surface area (Å²) in [5.74, 6) is 0.902. The second-order valence-corrected chi connectivity index (χ2v) is 7.06. The Bertz CT molecular complexity index is 512. The zero-order valence-corrected chi connectivity index (χ0v) is 15.3. The van der Waals surface area contributed by atoms with Crippen molar-refractivity contribution in [3.8, 4) is 0 Å². The molecule has 2 heterocycles. The third kappa shape index (κ3) is 4.29. The Balaban J connectivity index is 0.00000208. The fourth-order valence-corrected chi connectivity index (χ4v) is 4.07. The van der Waals surface area contributed by atoms with Crippen molar-refractivity contribution in [1.82, 2.24) is 10.2 Å². The normalized spacial score (nSPS) is 22.9. The lowest BCUT2D eigenvalue weighted by atomic mass is 9.78. The number of carbonyl (C=O) groups excluding carboxylic acids is 1. The molecular weight excluding hydrogens is 324 g/mol. The predicted octanol–water partition coefficient (Wildman–Crippen LogP) is 2.52. The minimum absolute atomic E-state index is 0. The maximum absolute atomic E-state index is 13.1. The molecule has 0 aromatic heterocycles. The lowest BCUT2D eigenvalue weighted by molar-refractivity contribution is -0.146. The molecule has 4 nitrogen and oxygen atoms in total. The highest BCUT2D eigenvalue weighted by Gasteiger charge is 2.43. The van der Waals surface area contributed by atoms with Gasteiger partial charge in [-0.3, -0.25) is 4.79 Å². The molecule has 1 atom stereocenters. The van der Waals surface area contributed by atoms with Gasteiger partial charge in [0.2, 0.25) is 5.91 Å². The molecule has 3 rings (SSSR count). The van der Waals surface area contributed by atoms with E-state index < -0.39 is 0 Å². The molecule has 0 radical (unpaired) electrons. The van der Waals surface area contributed by atoms with Crippen LogP contribution in [-0.2, 0) is 16.0 Å². The highest BCUT2D eigenvalue weighted by molar-refractivity contribution is 5.85. The van der Waals surface area contributed by atoms with Crippen molar-refractivity contribution < 1.29 is 9.53 Å². The van der Waals surface area contributed by atoms with Gasteiger partial charge in [0.25, 0.3) is 0 Å². The number of amides is 1. The third-order valence-corrected chi connectivity index (χ3v) is 5.38. The van der Waals surface area contributed by atoms with Gasteiger partial charge in [-0.2, -0.15) is 0 Å². The minimum atomic E-state index is -0.304. The first kappa shape index (κ1) is 19.2. The van der Waals surface area contributed by atoms with Gasteiger partial charge in [-0.15, -0.1) is 12.4 Å². The second-order valence-electron chi connectivity index (χ2n) is 7.06. The predicted molar refractivity (Wildman–Crippen MR) is 98.5 cm³/mol. The van der Waals surface area contributed by atoms with Crippen LogP contribution in [0.25, 0.3) is 0 Å². The third-order valence-electron chi connectivity index (χ3n) is 5.38. The highest BCUT2D eigenvalue weighted by Crippen LogP contribution is 2.34. The molecule has 0 aliphatic carbocycles. The molecule has 2 fully saturated rings. The van der Waals surface area contributed by atoms with Crippen LogP contribution in [0.2, 0.25) is 0 Å². The number of benzene rings is 1. The maximum Gasteiger partial charge on any atom is 0.231 e. The Morgan fingerprint density at radius 2 is 2.00 bits per heavy atom. The molecule has 1 amide bonds. The lowest BCUT2D eigenvalue weighted by Gasteiger charge is -2.38. The van der Waals surface area contributed by atoms with Gasteiger partial charge >= 0.3 is 0 Å². The van der Waals surface area contributed by atoms with Gasteiger partial charge in [-0.1, -0.05) is 30.3 Å². The van der Waals surface area contributed by atoms with E-state index in [-0.39, 0.29) is 17.8 Å². The molecule has 1 aromatic rings. The number of likely N-dealkylation sites (tertiary alicyclic amines) is 1. The number of methoxy groups -OCH3 is 1. The largest absolute Gasteiger partial charge is 0.384 e. The van der Waals surface area contributed by atoms with Crippen molar-refractivity contribution in [3.05, 3.63) is 35.9 Å². The second kappa shape index (κ2) is 8.84. The number of hydrogen-bond donors (Lipinski definition) is 1. The van der Waals surface area contributed by atoms with E-state index in [9.17, 15) is 4.79 Å². The van der Waals surface area contributed by atoms with Crippen LogP contribution in [-0.4, -0.2) is 50.7 Å². The van der Waals surface area contributed by atoms with Crippen molar-refractivity contribution in [1.29, 1.82) is 0 Å². The molecule has 0 bridgehead atoms. The Kier molecular flexibility index (Phi) is 7.08. The maximum atomic E-state index is 13.1. The van der Waals surface area contributed by atoms with Crippen LogP contribution < -0.4 is 5.32 Å². The van der Waals surface area contributed by atoms with Gasteiger partial charge in [-0.25, -0.2) is 0 Å². The topological polar surface area (TPSA) is 41.6 Å². The van der Waals surface area contributed by atoms with Crippen molar-refractivity contribution >= 4 is 18.3 Å². The fourth-order valence-electron chi connectivity index (χ4n) is 4.07. The Labute approximate surface area is 151 Å². The number of hydrogen-bond acceptors (Lipinski definition) is 3. The van der Waals surface area contributed by atoms with E-state index in [0.717, 1.165) is 51.9 Å². The average Bonchev–Trinajstić information content (AvgIpc) is 3.04. The smallest absolute Gasteiger partial charge is 0.231 e. The summed E-state index contributed by atoms with van der Waals surface area (Å²) in [7, 11) is 1.71. The standard InChI is InChI=1S/C19H28N2O2.ClH/c1-23-15-19(8-10-20-11-9-19)18(22)21-12-7-17(14-21)13-16-5-3-2-4-6-16;/h2-6,17,20H,7-15H2,1H3;1H. The van der Waals surface area contributed by atoms with Crippen molar-refractivity contribution in [2.75, 3.05) is 39.9 Å². The Morgan fingerprint density at radius 1 is 1.29 bits per heavy atom. The summed E-state index contributed by atoms with van der Waals surface area (Å²) in [6, 6.07) is 10.6. The number of ether oxygens (including phenoxy) is 1. The number of carbonyl (C=O) groups is 1. The number of piperidine rings is 1. The van der Waals surface area contributed by atoms with Gasteiger partial charge in [0, 0.05) is 20.2 Å². The Hall–Kier alpha value is -1.10. The molecule has 2 aliphatic rings. The van der Waals surface area contributed by atoms with E-state index in [4.69, 9.17) is 4.74 Å². The molecule has 0 spiro atoms. The van der Waals surface area contributed by atoms with Crippen LogP contribution in [0.4, 0.5) is 0 Å². The SMILES string of the molecule is COCC1(C(=O)N2CCC(Cc3ccccc3)C2)CCNCC1.Cl. The van der Waals surface area contributed by atoms with Crippen LogP contribution in [0.5, 0.6) is 0 Å². The fraction of sp³-hybridized carbons (Fsp3) is 0.632. The molecule has 1 aromatic carbocycles. The highest BCUT2D eigenvalue weighted by atomic mass is 35.5. The lowest BCUT2D eigenvalue weighted by Crippen LogP contribution is -2.51. The molecule has 5 heteroatoms. The molecule has 24 heavy (non-hydrogen) atoms. The number of nitrogens with one attached hydrogen (secondary N) is 1. The first-order chi connectivity index (χ1) is 11.2. The summed E-state index contributed by atoms with van der Waals surface area (Å²) in [6.45, 7) is 4.17. The zero-order valence-electron chi connectivity index (χ0n) is 14.5.